The van der Waals surface area contributed by atoms with E-state index in [9.17, 15) is 18.0 Å². The van der Waals surface area contributed by atoms with E-state index in [4.69, 9.17) is 4.74 Å². The first-order valence-electron chi connectivity index (χ1n) is 11.0. The number of methoxy groups -OCH3 is 1. The molecule has 0 aliphatic heterocycles. The van der Waals surface area contributed by atoms with Gasteiger partial charge in [-0.15, -0.1) is 0 Å². The zero-order chi connectivity index (χ0) is 24.6. The zero-order valence-electron chi connectivity index (χ0n) is 19.8. The molecule has 178 valence electrons. The lowest BCUT2D eigenvalue weighted by Gasteiger charge is -2.15. The van der Waals surface area contributed by atoms with Crippen molar-refractivity contribution < 1.29 is 22.7 Å². The van der Waals surface area contributed by atoms with Gasteiger partial charge in [0.25, 0.3) is 5.91 Å². The van der Waals surface area contributed by atoms with Gasteiger partial charge >= 0.3 is 6.18 Å². The quantitative estimate of drug-likeness (QED) is 0.426. The van der Waals surface area contributed by atoms with E-state index in [0.29, 0.717) is 18.1 Å². The molecule has 2 atom stereocenters. The van der Waals surface area contributed by atoms with Gasteiger partial charge in [-0.1, -0.05) is 55.8 Å². The van der Waals surface area contributed by atoms with Crippen LogP contribution in [0.2, 0.25) is 0 Å². The maximum absolute atomic E-state index is 12.3. The average Bonchev–Trinajstić information content (AvgIpc) is 2.78. The van der Waals surface area contributed by atoms with Gasteiger partial charge in [-0.05, 0) is 66.8 Å². The van der Waals surface area contributed by atoms with E-state index < -0.39 is 11.7 Å². The Kier molecular flexibility index (Phi) is 9.47. The van der Waals surface area contributed by atoms with Crippen molar-refractivity contribution in [1.82, 2.24) is 5.32 Å². The number of hydrogen-bond donors (Lipinski definition) is 1. The lowest BCUT2D eigenvalue weighted by atomic mass is 9.92. The van der Waals surface area contributed by atoms with Crippen LogP contribution in [0.5, 0.6) is 0 Å². The van der Waals surface area contributed by atoms with Crippen LogP contribution in [0.15, 0.2) is 60.7 Å². The van der Waals surface area contributed by atoms with E-state index in [1.54, 1.807) is 14.0 Å². The van der Waals surface area contributed by atoms with Crippen LogP contribution in [0.25, 0.3) is 10.8 Å². The Bertz CT molecular complexity index is 1050. The number of carbonyl (C=O) groups excluding carboxylic acids is 1. The highest BCUT2D eigenvalue weighted by Crippen LogP contribution is 2.29. The van der Waals surface area contributed by atoms with Crippen LogP contribution < -0.4 is 5.32 Å². The summed E-state index contributed by atoms with van der Waals surface area (Å²) in [6.07, 6.45) is -3.11. The summed E-state index contributed by atoms with van der Waals surface area (Å²) < 4.78 is 40.8. The first kappa shape index (κ1) is 26.4. The molecule has 6 heteroatoms. The fourth-order valence-corrected chi connectivity index (χ4v) is 3.44. The number of nitrogens with one attached hydrogen (secondary N) is 1. The number of alkyl halides is 3. The molecule has 0 saturated carbocycles. The third kappa shape index (κ3) is 7.60. The first-order valence-corrected chi connectivity index (χ1v) is 11.0. The Hall–Kier alpha value is -2.86. The summed E-state index contributed by atoms with van der Waals surface area (Å²) in [5.74, 6) is 0.463. The summed E-state index contributed by atoms with van der Waals surface area (Å²) in [4.78, 5) is 12.3. The standard InChI is InChI=1S/C19H25NO2.C8H7F3/c1-5-13(2)17-8-6-7-15-11-16(9-10-18(15)17)19(21)20-14(3)12-22-4;1-6-2-4-7(5-3-6)8(9,10)11/h6-11,13-14H,5,12H2,1-4H3,(H,20,21);2-5H,1H3. The number of benzene rings is 3. The SMILES string of the molecule is CCC(C)c1cccc2cc(C(=O)NC(C)COC)ccc12.Cc1ccc(C(F)(F)F)cc1. The number of ether oxygens (including phenoxy) is 1. The molecule has 0 saturated heterocycles. The average molecular weight is 460 g/mol. The van der Waals surface area contributed by atoms with Crippen LogP contribution in [0, 0.1) is 6.92 Å². The van der Waals surface area contributed by atoms with Crippen molar-refractivity contribution in [2.45, 2.75) is 52.3 Å². The number of rotatable bonds is 6. The van der Waals surface area contributed by atoms with E-state index in [2.05, 4.69) is 43.4 Å². The van der Waals surface area contributed by atoms with Crippen molar-refractivity contribution in [3.63, 3.8) is 0 Å². The minimum atomic E-state index is -4.21. The van der Waals surface area contributed by atoms with Crippen molar-refractivity contribution in [2.24, 2.45) is 0 Å². The second-order valence-electron chi connectivity index (χ2n) is 8.29. The molecule has 0 aliphatic carbocycles. The van der Waals surface area contributed by atoms with Gasteiger partial charge in [-0.3, -0.25) is 4.79 Å². The fraction of sp³-hybridized carbons (Fsp3) is 0.370. The second kappa shape index (κ2) is 11.8. The maximum Gasteiger partial charge on any atom is 0.416 e. The highest BCUT2D eigenvalue weighted by Gasteiger charge is 2.29. The summed E-state index contributed by atoms with van der Waals surface area (Å²) in [5.41, 5.74) is 2.28. The van der Waals surface area contributed by atoms with Crippen molar-refractivity contribution in [1.29, 1.82) is 0 Å². The molecule has 33 heavy (non-hydrogen) atoms. The van der Waals surface area contributed by atoms with Crippen LogP contribution >= 0.6 is 0 Å². The zero-order valence-corrected chi connectivity index (χ0v) is 19.8. The molecule has 0 aliphatic rings. The van der Waals surface area contributed by atoms with E-state index >= 15 is 0 Å². The molecule has 0 bridgehead atoms. The molecule has 1 amide bonds. The predicted molar refractivity (Wildman–Crippen MR) is 128 cm³/mol. The van der Waals surface area contributed by atoms with Crippen LogP contribution in [0.4, 0.5) is 13.2 Å². The van der Waals surface area contributed by atoms with Gasteiger partial charge in [-0.2, -0.15) is 13.2 Å². The maximum atomic E-state index is 12.3. The Balaban J connectivity index is 0.000000294. The number of halogens is 3. The number of hydrogen-bond acceptors (Lipinski definition) is 2. The van der Waals surface area contributed by atoms with Crippen LogP contribution in [-0.4, -0.2) is 25.7 Å². The van der Waals surface area contributed by atoms with Gasteiger partial charge in [0.05, 0.1) is 12.2 Å². The molecular weight excluding hydrogens is 427 g/mol. The molecule has 3 rings (SSSR count). The summed E-state index contributed by atoms with van der Waals surface area (Å²) >= 11 is 0. The Morgan fingerprint density at radius 3 is 2.27 bits per heavy atom. The van der Waals surface area contributed by atoms with Crippen molar-refractivity contribution >= 4 is 16.7 Å². The van der Waals surface area contributed by atoms with E-state index in [-0.39, 0.29) is 11.9 Å². The van der Waals surface area contributed by atoms with E-state index in [1.807, 2.05) is 19.1 Å². The van der Waals surface area contributed by atoms with Crippen molar-refractivity contribution in [3.8, 4) is 0 Å². The van der Waals surface area contributed by atoms with Gasteiger partial charge in [0.1, 0.15) is 0 Å². The van der Waals surface area contributed by atoms with Crippen LogP contribution in [0.1, 0.15) is 60.2 Å². The lowest BCUT2D eigenvalue weighted by Crippen LogP contribution is -2.35. The predicted octanol–water partition coefficient (Wildman–Crippen LogP) is 7.13. The summed E-state index contributed by atoms with van der Waals surface area (Å²) in [5, 5.41) is 5.30. The molecule has 3 nitrogen and oxygen atoms in total. The lowest BCUT2D eigenvalue weighted by molar-refractivity contribution is -0.137. The van der Waals surface area contributed by atoms with Crippen molar-refractivity contribution in [3.05, 3.63) is 82.9 Å². The minimum absolute atomic E-state index is 0.000329. The van der Waals surface area contributed by atoms with Crippen LogP contribution in [0.3, 0.4) is 0 Å². The molecule has 0 radical (unpaired) electrons. The Morgan fingerprint density at radius 1 is 1.03 bits per heavy atom. The second-order valence-corrected chi connectivity index (χ2v) is 8.29. The Morgan fingerprint density at radius 2 is 1.70 bits per heavy atom. The third-order valence-electron chi connectivity index (χ3n) is 5.49. The number of aryl methyl sites for hydroxylation is 1. The number of fused-ring (bicyclic) bond motifs is 1. The summed E-state index contributed by atoms with van der Waals surface area (Å²) in [6, 6.07) is 17.3. The topological polar surface area (TPSA) is 38.3 Å². The van der Waals surface area contributed by atoms with E-state index in [0.717, 1.165) is 29.5 Å². The molecular formula is C27H32F3NO2. The van der Waals surface area contributed by atoms with Gasteiger partial charge in [0.2, 0.25) is 0 Å². The molecule has 3 aromatic carbocycles. The smallest absolute Gasteiger partial charge is 0.383 e. The number of carbonyl (C=O) groups is 1. The van der Waals surface area contributed by atoms with Gasteiger partial charge in [0, 0.05) is 18.7 Å². The fourth-order valence-electron chi connectivity index (χ4n) is 3.44. The third-order valence-corrected chi connectivity index (χ3v) is 5.49. The largest absolute Gasteiger partial charge is 0.416 e. The molecule has 3 aromatic rings. The van der Waals surface area contributed by atoms with Gasteiger partial charge in [0.15, 0.2) is 0 Å². The summed E-state index contributed by atoms with van der Waals surface area (Å²) in [6.45, 7) is 8.63. The molecule has 1 N–H and O–H groups in total. The molecule has 0 fully saturated rings. The molecule has 0 aromatic heterocycles. The number of amides is 1. The highest BCUT2D eigenvalue weighted by molar-refractivity contribution is 5.99. The summed E-state index contributed by atoms with van der Waals surface area (Å²) in [7, 11) is 1.63. The van der Waals surface area contributed by atoms with Crippen molar-refractivity contribution in [2.75, 3.05) is 13.7 Å². The van der Waals surface area contributed by atoms with Gasteiger partial charge < -0.3 is 10.1 Å². The van der Waals surface area contributed by atoms with Gasteiger partial charge in [-0.25, -0.2) is 0 Å². The first-order chi connectivity index (χ1) is 15.6. The molecule has 0 spiro atoms. The normalized spacial score (nSPS) is 13.1. The molecule has 0 heterocycles. The Labute approximate surface area is 194 Å². The monoisotopic (exact) mass is 459 g/mol. The highest BCUT2D eigenvalue weighted by atomic mass is 19.4. The van der Waals surface area contributed by atoms with Crippen LogP contribution in [-0.2, 0) is 10.9 Å². The molecule has 2 unspecified atom stereocenters. The minimum Gasteiger partial charge on any atom is -0.383 e. The van der Waals surface area contributed by atoms with E-state index in [1.165, 1.54) is 23.1 Å².